The summed E-state index contributed by atoms with van der Waals surface area (Å²) in [5.41, 5.74) is -5.62. The van der Waals surface area contributed by atoms with Crippen molar-refractivity contribution in [2.45, 2.75) is 47.6 Å². The molecule has 0 aliphatic rings. The van der Waals surface area contributed by atoms with Gasteiger partial charge in [0.1, 0.15) is 0 Å². The third-order valence-electron chi connectivity index (χ3n) is 2.25. The molecule has 0 aromatic carbocycles. The second-order valence-electron chi connectivity index (χ2n) is 3.58. The van der Waals surface area contributed by atoms with Gasteiger partial charge in [-0.2, -0.15) is 35.1 Å². The zero-order chi connectivity index (χ0) is 15.0. The van der Waals surface area contributed by atoms with Crippen molar-refractivity contribution in [3.63, 3.8) is 0 Å². The van der Waals surface area contributed by atoms with E-state index in [1.165, 1.54) is 29.5 Å². The first-order chi connectivity index (χ1) is 7.70. The zero-order valence-electron chi connectivity index (χ0n) is 8.77. The summed E-state index contributed by atoms with van der Waals surface area (Å²) in [6.45, 7) is 1.25. The van der Waals surface area contributed by atoms with Gasteiger partial charge >= 0.3 is 18.3 Å². The van der Waals surface area contributed by atoms with Crippen molar-refractivity contribution in [2.75, 3.05) is 0 Å². The fourth-order valence-electron chi connectivity index (χ4n) is 1.10. The van der Waals surface area contributed by atoms with Crippen molar-refractivity contribution in [3.8, 4) is 0 Å². The van der Waals surface area contributed by atoms with Crippen LogP contribution in [0.25, 0.3) is 0 Å². The molecule has 0 spiro atoms. The molecule has 0 fully saturated rings. The van der Waals surface area contributed by atoms with E-state index in [0.717, 1.165) is 0 Å². The average Bonchev–Trinajstić information content (AvgIpc) is 2.13. The highest BCUT2D eigenvalue weighted by atomic mass is 127. The third-order valence-corrected chi connectivity index (χ3v) is 3.57. The van der Waals surface area contributed by atoms with Crippen LogP contribution in [0.4, 0.5) is 39.5 Å². The number of hydrogen-bond acceptors (Lipinski definition) is 0. The summed E-state index contributed by atoms with van der Waals surface area (Å²) < 4.78 is 110. The summed E-state index contributed by atoms with van der Waals surface area (Å²) >= 11 is 1.20. The molecule has 2 atom stereocenters. The lowest BCUT2D eigenvalue weighted by molar-refractivity contribution is -0.384. The maximum Gasteiger partial charge on any atom is 0.457 e. The standard InChI is InChI=1S/C8H8F9I/c1-2-4(18)3-5(9,7(12,13)14)6(10,11)8(15,16)17/h4H,2-3H2,1H3/t4-,5+/m0/s1. The van der Waals surface area contributed by atoms with Crippen LogP contribution in [-0.4, -0.2) is 27.9 Å². The summed E-state index contributed by atoms with van der Waals surface area (Å²) in [4.78, 5) is 0. The van der Waals surface area contributed by atoms with Crippen LogP contribution in [-0.2, 0) is 0 Å². The lowest BCUT2D eigenvalue weighted by Gasteiger charge is -2.36. The number of halogens is 10. The highest BCUT2D eigenvalue weighted by molar-refractivity contribution is 14.1. The lowest BCUT2D eigenvalue weighted by Crippen LogP contribution is -2.62. The summed E-state index contributed by atoms with van der Waals surface area (Å²) in [6.07, 6.45) is -15.1. The van der Waals surface area contributed by atoms with Gasteiger partial charge in [0.15, 0.2) is 0 Å². The Morgan fingerprint density at radius 2 is 1.22 bits per heavy atom. The van der Waals surface area contributed by atoms with E-state index in [-0.39, 0.29) is 6.42 Å². The van der Waals surface area contributed by atoms with Gasteiger partial charge in [-0.25, -0.2) is 4.39 Å². The fraction of sp³-hybridized carbons (Fsp3) is 1.00. The van der Waals surface area contributed by atoms with Gasteiger partial charge in [0.25, 0.3) is 5.67 Å². The van der Waals surface area contributed by atoms with Crippen molar-refractivity contribution in [1.82, 2.24) is 0 Å². The molecule has 10 heteroatoms. The zero-order valence-corrected chi connectivity index (χ0v) is 10.9. The van der Waals surface area contributed by atoms with Crippen LogP contribution in [0, 0.1) is 0 Å². The van der Waals surface area contributed by atoms with Gasteiger partial charge in [-0.15, -0.1) is 0 Å². The summed E-state index contributed by atoms with van der Waals surface area (Å²) in [7, 11) is 0. The van der Waals surface area contributed by atoms with Crippen LogP contribution >= 0.6 is 22.6 Å². The molecule has 0 N–H and O–H groups in total. The van der Waals surface area contributed by atoms with Crippen LogP contribution in [0.5, 0.6) is 0 Å². The third kappa shape index (κ3) is 3.16. The molecule has 0 aromatic rings. The minimum atomic E-state index is -6.61. The molecule has 18 heavy (non-hydrogen) atoms. The van der Waals surface area contributed by atoms with Gasteiger partial charge in [0, 0.05) is 10.3 Å². The normalized spacial score (nSPS) is 19.5. The Hall–Kier alpha value is 0.1000. The van der Waals surface area contributed by atoms with E-state index in [0.29, 0.717) is 0 Å². The Morgan fingerprint density at radius 3 is 1.44 bits per heavy atom. The van der Waals surface area contributed by atoms with Gasteiger partial charge in [-0.1, -0.05) is 29.5 Å². The van der Waals surface area contributed by atoms with E-state index >= 15 is 0 Å². The lowest BCUT2D eigenvalue weighted by atomic mass is 9.90. The molecule has 0 amide bonds. The highest BCUT2D eigenvalue weighted by Crippen LogP contribution is 2.55. The Kier molecular flexibility index (Phi) is 5.26. The van der Waals surface area contributed by atoms with E-state index in [9.17, 15) is 39.5 Å². The molecule has 0 rings (SSSR count). The van der Waals surface area contributed by atoms with Crippen molar-refractivity contribution < 1.29 is 39.5 Å². The minimum Gasteiger partial charge on any atom is -0.227 e. The molecular formula is C8H8F9I. The molecular weight excluding hydrogens is 394 g/mol. The maximum absolute atomic E-state index is 13.4. The van der Waals surface area contributed by atoms with E-state index in [1.54, 1.807) is 0 Å². The Morgan fingerprint density at radius 1 is 0.833 bits per heavy atom. The quantitative estimate of drug-likeness (QED) is 0.351. The second-order valence-corrected chi connectivity index (χ2v) is 5.34. The number of alkyl halides is 10. The van der Waals surface area contributed by atoms with Crippen LogP contribution in [0.2, 0.25) is 0 Å². The average molecular weight is 402 g/mol. The monoisotopic (exact) mass is 402 g/mol. The first-order valence-corrected chi connectivity index (χ1v) is 5.79. The van der Waals surface area contributed by atoms with E-state index in [4.69, 9.17) is 0 Å². The van der Waals surface area contributed by atoms with E-state index < -0.39 is 34.3 Å². The van der Waals surface area contributed by atoms with E-state index in [2.05, 4.69) is 0 Å². The van der Waals surface area contributed by atoms with Crippen molar-refractivity contribution >= 4 is 22.6 Å². The van der Waals surface area contributed by atoms with Crippen LogP contribution in [0.1, 0.15) is 19.8 Å². The maximum atomic E-state index is 13.4. The molecule has 0 radical (unpaired) electrons. The van der Waals surface area contributed by atoms with Crippen LogP contribution in [0.3, 0.4) is 0 Å². The smallest absolute Gasteiger partial charge is 0.227 e. The Labute approximate surface area is 110 Å². The second kappa shape index (κ2) is 5.23. The molecule has 0 heterocycles. The van der Waals surface area contributed by atoms with Crippen molar-refractivity contribution in [2.24, 2.45) is 0 Å². The van der Waals surface area contributed by atoms with Gasteiger partial charge in [-0.05, 0) is 6.42 Å². The molecule has 0 aromatic heterocycles. The largest absolute Gasteiger partial charge is 0.457 e. The number of hydrogen-bond donors (Lipinski definition) is 0. The molecule has 0 unspecified atom stereocenters. The Bertz CT molecular complexity index is 281. The predicted molar refractivity (Wildman–Crippen MR) is 53.6 cm³/mol. The molecule has 0 aliphatic carbocycles. The molecule has 0 nitrogen and oxygen atoms in total. The van der Waals surface area contributed by atoms with Gasteiger partial charge in [-0.3, -0.25) is 0 Å². The van der Waals surface area contributed by atoms with Gasteiger partial charge in [0.2, 0.25) is 0 Å². The molecule has 0 saturated heterocycles. The molecule has 0 saturated carbocycles. The van der Waals surface area contributed by atoms with Crippen LogP contribution in [0.15, 0.2) is 0 Å². The fourth-order valence-corrected chi connectivity index (χ4v) is 1.70. The Balaban J connectivity index is 5.64. The van der Waals surface area contributed by atoms with Gasteiger partial charge in [0.05, 0.1) is 0 Å². The SMILES string of the molecule is CC[C@H](I)C[C@](F)(C(F)(F)F)C(F)(F)C(F)(F)F. The van der Waals surface area contributed by atoms with Gasteiger partial charge < -0.3 is 0 Å². The van der Waals surface area contributed by atoms with Crippen LogP contribution < -0.4 is 0 Å². The molecule has 0 aliphatic heterocycles. The molecule has 110 valence electrons. The summed E-state index contributed by atoms with van der Waals surface area (Å²) in [6, 6.07) is 0. The van der Waals surface area contributed by atoms with E-state index in [1.807, 2.05) is 0 Å². The highest BCUT2D eigenvalue weighted by Gasteiger charge is 2.80. The minimum absolute atomic E-state index is 0.170. The topological polar surface area (TPSA) is 0 Å². The van der Waals surface area contributed by atoms with Crippen molar-refractivity contribution in [3.05, 3.63) is 0 Å². The molecule has 0 bridgehead atoms. The first kappa shape index (κ1) is 18.1. The number of rotatable bonds is 4. The summed E-state index contributed by atoms with van der Waals surface area (Å²) in [5.74, 6) is -6.49. The van der Waals surface area contributed by atoms with Crippen molar-refractivity contribution in [1.29, 1.82) is 0 Å². The summed E-state index contributed by atoms with van der Waals surface area (Å²) in [5, 5.41) is 0. The predicted octanol–water partition coefficient (Wildman–Crippen LogP) is 5.06. The first-order valence-electron chi connectivity index (χ1n) is 4.55.